The molecule has 2 heteroatoms. The van der Waals surface area contributed by atoms with Gasteiger partial charge in [0.2, 0.25) is 0 Å². The molecule has 15 heavy (non-hydrogen) atoms. The van der Waals surface area contributed by atoms with E-state index in [1.807, 2.05) is 54.6 Å². The fourth-order valence-electron chi connectivity index (χ4n) is 1.53. The molecule has 74 valence electrons. The summed E-state index contributed by atoms with van der Waals surface area (Å²) >= 11 is 0.489. The smallest absolute Gasteiger partial charge is 0.0891 e. The van der Waals surface area contributed by atoms with Crippen molar-refractivity contribution in [3.63, 3.8) is 0 Å². The highest BCUT2D eigenvalue weighted by molar-refractivity contribution is 7.65. The quantitative estimate of drug-likeness (QED) is 0.702. The van der Waals surface area contributed by atoms with Crippen molar-refractivity contribution >= 4 is 16.6 Å². The average Bonchev–Trinajstić information content (AvgIpc) is 2.31. The van der Waals surface area contributed by atoms with Crippen LogP contribution in [-0.2, 0) is 11.3 Å². The fourth-order valence-corrected chi connectivity index (χ4v) is 1.84. The summed E-state index contributed by atoms with van der Waals surface area (Å²) in [5.74, 6) is 0. The van der Waals surface area contributed by atoms with Crippen LogP contribution in [0.4, 0.5) is 0 Å². The summed E-state index contributed by atoms with van der Waals surface area (Å²) in [5.41, 5.74) is 3.21. The number of hydrogen-bond donors (Lipinski definition) is 0. The summed E-state index contributed by atoms with van der Waals surface area (Å²) in [4.78, 5) is 0. The third-order valence-electron chi connectivity index (χ3n) is 2.22. The van der Waals surface area contributed by atoms with Gasteiger partial charge < -0.3 is 0 Å². The Labute approximate surface area is 92.5 Å². The van der Waals surface area contributed by atoms with Crippen molar-refractivity contribution < 1.29 is 4.21 Å². The summed E-state index contributed by atoms with van der Waals surface area (Å²) in [6.07, 6.45) is 0. The molecule has 0 N–H and O–H groups in total. The van der Waals surface area contributed by atoms with Crippen LogP contribution >= 0.6 is 0 Å². The fraction of sp³-hybridized carbons (Fsp3) is 0. The van der Waals surface area contributed by atoms with Crippen molar-refractivity contribution in [3.05, 3.63) is 60.2 Å². The molecule has 0 heterocycles. The molecule has 2 aromatic rings. The van der Waals surface area contributed by atoms with E-state index in [1.165, 1.54) is 0 Å². The first kappa shape index (κ1) is 9.87. The summed E-state index contributed by atoms with van der Waals surface area (Å²) in [5, 5.41) is 1.63. The van der Waals surface area contributed by atoms with Crippen LogP contribution < -0.4 is 0 Å². The summed E-state index contributed by atoms with van der Waals surface area (Å²) < 4.78 is 10.5. The molecule has 0 aliphatic rings. The van der Waals surface area contributed by atoms with Crippen LogP contribution in [0.5, 0.6) is 0 Å². The number of benzene rings is 2. The SMILES string of the molecule is O=S=Cc1ccccc1-c1ccccc1. The molecule has 0 aliphatic heterocycles. The summed E-state index contributed by atoms with van der Waals surface area (Å²) in [7, 11) is 0. The number of rotatable bonds is 2. The molecule has 2 rings (SSSR count). The van der Waals surface area contributed by atoms with Crippen LogP contribution in [0.2, 0.25) is 0 Å². The van der Waals surface area contributed by atoms with Crippen LogP contribution in [0.1, 0.15) is 5.56 Å². The first-order chi connectivity index (χ1) is 7.42. The minimum Gasteiger partial charge on any atom is -0.212 e. The van der Waals surface area contributed by atoms with Gasteiger partial charge in [0.05, 0.1) is 11.3 Å². The molecule has 0 saturated carbocycles. The van der Waals surface area contributed by atoms with E-state index in [2.05, 4.69) is 0 Å². The summed E-state index contributed by atoms with van der Waals surface area (Å²) in [6.45, 7) is 0. The van der Waals surface area contributed by atoms with Crippen LogP contribution in [-0.4, -0.2) is 9.58 Å². The maximum absolute atomic E-state index is 10.5. The van der Waals surface area contributed by atoms with E-state index in [1.54, 1.807) is 5.37 Å². The molecule has 0 radical (unpaired) electrons. The van der Waals surface area contributed by atoms with Crippen molar-refractivity contribution in [2.24, 2.45) is 0 Å². The molecule has 0 fully saturated rings. The molecule has 0 saturated heterocycles. The lowest BCUT2D eigenvalue weighted by Gasteiger charge is -2.04. The van der Waals surface area contributed by atoms with Crippen molar-refractivity contribution in [2.75, 3.05) is 0 Å². The lowest BCUT2D eigenvalue weighted by atomic mass is 10.0. The second-order valence-corrected chi connectivity index (χ2v) is 3.60. The van der Waals surface area contributed by atoms with Gasteiger partial charge in [0.15, 0.2) is 0 Å². The van der Waals surface area contributed by atoms with Crippen LogP contribution in [0, 0.1) is 0 Å². The molecule has 2 aromatic carbocycles. The molecule has 0 unspecified atom stereocenters. The molecule has 0 spiro atoms. The van der Waals surface area contributed by atoms with Crippen LogP contribution in [0.15, 0.2) is 54.6 Å². The Hall–Kier alpha value is -1.67. The van der Waals surface area contributed by atoms with E-state index < -0.39 is 0 Å². The van der Waals surface area contributed by atoms with Crippen molar-refractivity contribution in [3.8, 4) is 11.1 Å². The molecular weight excluding hydrogens is 204 g/mol. The van der Waals surface area contributed by atoms with Gasteiger partial charge in [-0.1, -0.05) is 54.6 Å². The third kappa shape index (κ3) is 2.22. The third-order valence-corrected chi connectivity index (χ3v) is 2.57. The predicted octanol–water partition coefficient (Wildman–Crippen LogP) is 2.72. The second-order valence-electron chi connectivity index (χ2n) is 3.17. The largest absolute Gasteiger partial charge is 0.212 e. The van der Waals surface area contributed by atoms with Gasteiger partial charge in [-0.25, -0.2) is 4.21 Å². The zero-order valence-electron chi connectivity index (χ0n) is 8.09. The minimum atomic E-state index is 0.489. The first-order valence-corrected chi connectivity index (χ1v) is 5.48. The standard InChI is InChI=1S/C13H10OS/c14-15-10-12-8-4-5-9-13(12)11-6-2-1-3-7-11/h1-10H. The highest BCUT2D eigenvalue weighted by Gasteiger charge is 2.00. The number of hydrogen-bond acceptors (Lipinski definition) is 1. The van der Waals surface area contributed by atoms with Crippen molar-refractivity contribution in [1.29, 1.82) is 0 Å². The van der Waals surface area contributed by atoms with Crippen molar-refractivity contribution in [2.45, 2.75) is 0 Å². The van der Waals surface area contributed by atoms with Gasteiger partial charge in [-0.05, 0) is 16.7 Å². The lowest BCUT2D eigenvalue weighted by Crippen LogP contribution is -1.86. The molecule has 0 amide bonds. The Bertz CT molecular complexity index is 499. The zero-order chi connectivity index (χ0) is 10.5. The maximum Gasteiger partial charge on any atom is 0.0891 e. The Balaban J connectivity index is 2.58. The van der Waals surface area contributed by atoms with Crippen LogP contribution in [0.3, 0.4) is 0 Å². The Morgan fingerprint density at radius 1 is 0.867 bits per heavy atom. The van der Waals surface area contributed by atoms with E-state index in [-0.39, 0.29) is 0 Å². The maximum atomic E-state index is 10.5. The normalized spacial score (nSPS) is 9.60. The highest BCUT2D eigenvalue weighted by atomic mass is 32.1. The van der Waals surface area contributed by atoms with Gasteiger partial charge in [0.25, 0.3) is 0 Å². The van der Waals surface area contributed by atoms with E-state index >= 15 is 0 Å². The van der Waals surface area contributed by atoms with Gasteiger partial charge in [-0.2, -0.15) is 0 Å². The van der Waals surface area contributed by atoms with E-state index in [9.17, 15) is 4.21 Å². The van der Waals surface area contributed by atoms with Crippen LogP contribution in [0.25, 0.3) is 11.1 Å². The Morgan fingerprint density at radius 3 is 2.27 bits per heavy atom. The topological polar surface area (TPSA) is 17.1 Å². The Kier molecular flexibility index (Phi) is 3.10. The molecule has 1 nitrogen and oxygen atoms in total. The predicted molar refractivity (Wildman–Crippen MR) is 65.2 cm³/mol. The van der Waals surface area contributed by atoms with E-state index in [0.29, 0.717) is 11.3 Å². The zero-order valence-corrected chi connectivity index (χ0v) is 8.91. The molecule has 0 bridgehead atoms. The van der Waals surface area contributed by atoms with E-state index in [4.69, 9.17) is 0 Å². The van der Waals surface area contributed by atoms with Gasteiger partial charge in [0.1, 0.15) is 0 Å². The average molecular weight is 214 g/mol. The highest BCUT2D eigenvalue weighted by Crippen LogP contribution is 2.21. The first-order valence-electron chi connectivity index (χ1n) is 4.68. The van der Waals surface area contributed by atoms with E-state index in [0.717, 1.165) is 16.7 Å². The Morgan fingerprint density at radius 2 is 1.53 bits per heavy atom. The van der Waals surface area contributed by atoms with Gasteiger partial charge in [-0.3, -0.25) is 0 Å². The summed E-state index contributed by atoms with van der Waals surface area (Å²) in [6, 6.07) is 18.0. The molecule has 0 atom stereocenters. The second kappa shape index (κ2) is 4.71. The minimum absolute atomic E-state index is 0.489. The van der Waals surface area contributed by atoms with Gasteiger partial charge >= 0.3 is 0 Å². The molecule has 0 aliphatic carbocycles. The molecular formula is C13H10OS. The van der Waals surface area contributed by atoms with Gasteiger partial charge in [0, 0.05) is 5.37 Å². The molecule has 0 aromatic heterocycles. The van der Waals surface area contributed by atoms with Gasteiger partial charge in [-0.15, -0.1) is 0 Å². The van der Waals surface area contributed by atoms with Crippen molar-refractivity contribution in [1.82, 2.24) is 0 Å². The lowest BCUT2D eigenvalue weighted by molar-refractivity contribution is 0.701. The monoisotopic (exact) mass is 214 g/mol.